The summed E-state index contributed by atoms with van der Waals surface area (Å²) < 4.78 is 11.0. The largest absolute Gasteiger partial charge is 0.479 e. The smallest absolute Gasteiger partial charge is 0.407 e. The van der Waals surface area contributed by atoms with Crippen molar-refractivity contribution in [3.05, 3.63) is 59.7 Å². The van der Waals surface area contributed by atoms with Crippen LogP contribution in [0.2, 0.25) is 0 Å². The molecule has 188 valence electrons. The molecule has 2 atom stereocenters. The number of rotatable bonds is 11. The number of amides is 2. The highest BCUT2D eigenvalue weighted by molar-refractivity contribution is 5.86. The second-order valence-electron chi connectivity index (χ2n) is 9.12. The normalized spacial score (nSPS) is 14.4. The first-order valence-electron chi connectivity index (χ1n) is 11.5. The maximum absolute atomic E-state index is 12.7. The van der Waals surface area contributed by atoms with Gasteiger partial charge in [0, 0.05) is 32.4 Å². The molecule has 0 spiro atoms. The molecule has 1 aliphatic carbocycles. The van der Waals surface area contributed by atoms with Gasteiger partial charge < -0.3 is 30.3 Å². The highest BCUT2D eigenvalue weighted by Gasteiger charge is 2.32. The first-order chi connectivity index (χ1) is 16.6. The Morgan fingerprint density at radius 3 is 2.14 bits per heavy atom. The van der Waals surface area contributed by atoms with Crippen LogP contribution in [0.3, 0.4) is 0 Å². The fourth-order valence-corrected chi connectivity index (χ4v) is 4.15. The van der Waals surface area contributed by atoms with Crippen molar-refractivity contribution in [2.75, 3.05) is 20.3 Å². The van der Waals surface area contributed by atoms with Gasteiger partial charge in [-0.3, -0.25) is 4.79 Å². The summed E-state index contributed by atoms with van der Waals surface area (Å²) in [5.74, 6) is -2.01. The molecule has 9 nitrogen and oxygen atoms in total. The van der Waals surface area contributed by atoms with Gasteiger partial charge >= 0.3 is 12.1 Å². The van der Waals surface area contributed by atoms with Crippen molar-refractivity contribution in [1.82, 2.24) is 10.6 Å². The first kappa shape index (κ1) is 26.2. The number of aliphatic carboxylic acids is 1. The van der Waals surface area contributed by atoms with Gasteiger partial charge in [0.05, 0.1) is 5.60 Å². The number of aliphatic hydroxyl groups excluding tert-OH is 1. The summed E-state index contributed by atoms with van der Waals surface area (Å²) in [4.78, 5) is 36.2. The molecule has 9 heteroatoms. The molecule has 0 saturated carbocycles. The third kappa shape index (κ3) is 6.58. The van der Waals surface area contributed by atoms with Gasteiger partial charge in [-0.2, -0.15) is 0 Å². The molecule has 0 aromatic heterocycles. The maximum Gasteiger partial charge on any atom is 0.407 e. The lowest BCUT2D eigenvalue weighted by molar-refractivity contribution is -0.147. The highest BCUT2D eigenvalue weighted by Crippen LogP contribution is 2.44. The standard InChI is InChI=1S/C26H32N2O7/c1-26(2,34-3)14-21(23(30)27-13-12-22(29)24(31)32)28-25(33)35-15-20-18-10-6-4-8-16(18)17-9-5-7-11-19(17)20/h4-11,20-22,29H,12-15H2,1-3H3,(H,27,30)(H,28,33)(H,31,32). The van der Waals surface area contributed by atoms with Gasteiger partial charge in [-0.05, 0) is 36.1 Å². The van der Waals surface area contributed by atoms with Crippen molar-refractivity contribution >= 4 is 18.0 Å². The zero-order chi connectivity index (χ0) is 25.6. The van der Waals surface area contributed by atoms with Crippen molar-refractivity contribution < 1.29 is 34.1 Å². The summed E-state index contributed by atoms with van der Waals surface area (Å²) in [7, 11) is 1.51. The number of methoxy groups -OCH3 is 1. The van der Waals surface area contributed by atoms with E-state index in [4.69, 9.17) is 14.6 Å². The summed E-state index contributed by atoms with van der Waals surface area (Å²) in [5.41, 5.74) is 3.65. The van der Waals surface area contributed by atoms with E-state index in [9.17, 15) is 19.5 Å². The number of alkyl carbamates (subject to hydrolysis) is 1. The Balaban J connectivity index is 1.64. The maximum atomic E-state index is 12.7. The lowest BCUT2D eigenvalue weighted by Gasteiger charge is -2.28. The fraction of sp³-hybridized carbons (Fsp3) is 0.423. The molecule has 0 heterocycles. The summed E-state index contributed by atoms with van der Waals surface area (Å²) >= 11 is 0. The van der Waals surface area contributed by atoms with Crippen LogP contribution in [0.1, 0.15) is 43.7 Å². The lowest BCUT2D eigenvalue weighted by Crippen LogP contribution is -2.50. The molecule has 0 fully saturated rings. The number of ether oxygens (including phenoxy) is 2. The van der Waals surface area contributed by atoms with Crippen LogP contribution >= 0.6 is 0 Å². The molecular weight excluding hydrogens is 452 g/mol. The number of hydrogen-bond donors (Lipinski definition) is 4. The minimum atomic E-state index is -1.58. The molecule has 2 aromatic rings. The average molecular weight is 485 g/mol. The second kappa shape index (κ2) is 11.3. The molecule has 0 radical (unpaired) electrons. The predicted octanol–water partition coefficient (Wildman–Crippen LogP) is 2.66. The van der Waals surface area contributed by atoms with E-state index in [0.717, 1.165) is 22.3 Å². The van der Waals surface area contributed by atoms with Gasteiger partial charge in [-0.1, -0.05) is 48.5 Å². The molecule has 4 N–H and O–H groups in total. The van der Waals surface area contributed by atoms with Crippen LogP contribution in [-0.4, -0.2) is 66.2 Å². The van der Waals surface area contributed by atoms with Gasteiger partial charge in [0.25, 0.3) is 0 Å². The van der Waals surface area contributed by atoms with Crippen LogP contribution in [0.25, 0.3) is 11.1 Å². The van der Waals surface area contributed by atoms with Crippen LogP contribution in [0, 0.1) is 0 Å². The van der Waals surface area contributed by atoms with E-state index in [1.165, 1.54) is 7.11 Å². The molecule has 2 unspecified atom stereocenters. The molecule has 0 aliphatic heterocycles. The molecule has 0 bridgehead atoms. The minimum Gasteiger partial charge on any atom is -0.479 e. The Morgan fingerprint density at radius 1 is 1.03 bits per heavy atom. The van der Waals surface area contributed by atoms with E-state index >= 15 is 0 Å². The average Bonchev–Trinajstić information content (AvgIpc) is 3.15. The highest BCUT2D eigenvalue weighted by atomic mass is 16.5. The van der Waals surface area contributed by atoms with Gasteiger partial charge in [-0.25, -0.2) is 9.59 Å². The molecule has 3 rings (SSSR count). The number of hydrogen-bond acceptors (Lipinski definition) is 6. The van der Waals surface area contributed by atoms with Crippen molar-refractivity contribution in [1.29, 1.82) is 0 Å². The summed E-state index contributed by atoms with van der Waals surface area (Å²) in [6, 6.07) is 15.0. The van der Waals surface area contributed by atoms with Crippen LogP contribution in [-0.2, 0) is 19.1 Å². The second-order valence-corrected chi connectivity index (χ2v) is 9.12. The number of fused-ring (bicyclic) bond motifs is 3. The van der Waals surface area contributed by atoms with E-state index in [1.807, 2.05) is 48.5 Å². The number of carboxylic acids is 1. The quantitative estimate of drug-likeness (QED) is 0.385. The minimum absolute atomic E-state index is 0.0669. The van der Waals surface area contributed by atoms with E-state index in [1.54, 1.807) is 13.8 Å². The van der Waals surface area contributed by atoms with E-state index < -0.39 is 35.7 Å². The third-order valence-electron chi connectivity index (χ3n) is 6.20. The van der Waals surface area contributed by atoms with Crippen LogP contribution in [0.15, 0.2) is 48.5 Å². The van der Waals surface area contributed by atoms with E-state index in [2.05, 4.69) is 10.6 Å². The van der Waals surface area contributed by atoms with Crippen molar-refractivity contribution in [3.63, 3.8) is 0 Å². The lowest BCUT2D eigenvalue weighted by atomic mass is 9.98. The topological polar surface area (TPSA) is 134 Å². The number of aliphatic hydroxyl groups is 1. The molecule has 0 saturated heterocycles. The van der Waals surface area contributed by atoms with E-state index in [-0.39, 0.29) is 31.9 Å². The van der Waals surface area contributed by atoms with Crippen LogP contribution < -0.4 is 10.6 Å². The first-order valence-corrected chi connectivity index (χ1v) is 11.5. The number of nitrogens with one attached hydrogen (secondary N) is 2. The Kier molecular flexibility index (Phi) is 8.48. The zero-order valence-corrected chi connectivity index (χ0v) is 20.1. The van der Waals surface area contributed by atoms with Crippen LogP contribution in [0.5, 0.6) is 0 Å². The number of carbonyl (C=O) groups is 3. The van der Waals surface area contributed by atoms with Crippen molar-refractivity contribution in [2.24, 2.45) is 0 Å². The zero-order valence-electron chi connectivity index (χ0n) is 20.1. The summed E-state index contributed by atoms with van der Waals surface area (Å²) in [6.45, 7) is 3.59. The number of carbonyl (C=O) groups excluding carboxylic acids is 2. The third-order valence-corrected chi connectivity index (χ3v) is 6.20. The van der Waals surface area contributed by atoms with Gasteiger partial charge in [0.15, 0.2) is 6.10 Å². The van der Waals surface area contributed by atoms with Crippen molar-refractivity contribution in [3.8, 4) is 11.1 Å². The summed E-state index contributed by atoms with van der Waals surface area (Å²) in [6.07, 6.45) is -2.34. The predicted molar refractivity (Wildman–Crippen MR) is 129 cm³/mol. The number of carboxylic acid groups (broad SMARTS) is 1. The molecular formula is C26H32N2O7. The Labute approximate surface area is 204 Å². The molecule has 2 aromatic carbocycles. The van der Waals surface area contributed by atoms with Gasteiger partial charge in [0.2, 0.25) is 5.91 Å². The molecule has 35 heavy (non-hydrogen) atoms. The van der Waals surface area contributed by atoms with Crippen molar-refractivity contribution in [2.45, 2.75) is 50.4 Å². The Hall–Kier alpha value is -3.43. The Bertz CT molecular complexity index is 1020. The molecule has 1 aliphatic rings. The summed E-state index contributed by atoms with van der Waals surface area (Å²) in [5, 5.41) is 23.3. The van der Waals surface area contributed by atoms with E-state index in [0.29, 0.717) is 0 Å². The van der Waals surface area contributed by atoms with Crippen LogP contribution in [0.4, 0.5) is 4.79 Å². The number of benzene rings is 2. The SMILES string of the molecule is COC(C)(C)CC(NC(=O)OCC1c2ccccc2-c2ccccc21)C(=O)NCCC(O)C(=O)O. The Morgan fingerprint density at radius 2 is 1.60 bits per heavy atom. The van der Waals surface area contributed by atoms with Gasteiger partial charge in [-0.15, -0.1) is 0 Å². The fourth-order valence-electron chi connectivity index (χ4n) is 4.15. The monoisotopic (exact) mass is 484 g/mol. The van der Waals surface area contributed by atoms with Gasteiger partial charge in [0.1, 0.15) is 12.6 Å². The molecule has 2 amide bonds.